The highest BCUT2D eigenvalue weighted by molar-refractivity contribution is 6.04. The molecule has 0 saturated heterocycles. The van der Waals surface area contributed by atoms with E-state index in [0.29, 0.717) is 17.5 Å². The molecule has 2 aromatic carbocycles. The Bertz CT molecular complexity index is 1090. The van der Waals surface area contributed by atoms with Crippen LogP contribution in [0.15, 0.2) is 30.6 Å². The number of hydrogen-bond acceptors (Lipinski definition) is 4. The van der Waals surface area contributed by atoms with Gasteiger partial charge in [-0.3, -0.25) is 4.79 Å². The number of benzene rings is 2. The van der Waals surface area contributed by atoms with Crippen LogP contribution < -0.4 is 10.6 Å². The number of aliphatic hydroxyl groups excluding tert-OH is 1. The summed E-state index contributed by atoms with van der Waals surface area (Å²) >= 11 is 0. The average Bonchev–Trinajstić information content (AvgIpc) is 3.06. The lowest BCUT2D eigenvalue weighted by Crippen LogP contribution is -2.26. The molecule has 3 N–H and O–H groups in total. The highest BCUT2D eigenvalue weighted by atomic mass is 19.1. The molecule has 28 heavy (non-hydrogen) atoms. The third kappa shape index (κ3) is 3.66. The number of nitrogens with one attached hydrogen (secondary N) is 2. The number of fused-ring (bicyclic) bond motifs is 1. The minimum Gasteiger partial charge on any atom is -0.396 e. The lowest BCUT2D eigenvalue weighted by Gasteiger charge is -2.15. The van der Waals surface area contributed by atoms with Gasteiger partial charge in [0.25, 0.3) is 5.91 Å². The summed E-state index contributed by atoms with van der Waals surface area (Å²) in [7, 11) is 1.67. The molecule has 1 amide bonds. The minimum atomic E-state index is -0.772. The fraction of sp³-hybridized carbons (Fsp3) is 0.200. The number of aromatic nitrogens is 2. The molecule has 0 atom stereocenters. The van der Waals surface area contributed by atoms with E-state index < -0.39 is 17.5 Å². The van der Waals surface area contributed by atoms with Gasteiger partial charge in [-0.1, -0.05) is 5.92 Å². The first kappa shape index (κ1) is 19.3. The van der Waals surface area contributed by atoms with Gasteiger partial charge in [0, 0.05) is 25.8 Å². The molecule has 0 fully saturated rings. The van der Waals surface area contributed by atoms with Crippen molar-refractivity contribution in [3.05, 3.63) is 53.4 Å². The zero-order chi connectivity index (χ0) is 20.3. The maximum absolute atomic E-state index is 15.1. The van der Waals surface area contributed by atoms with Gasteiger partial charge < -0.3 is 20.3 Å². The smallest absolute Gasteiger partial charge is 0.253 e. The van der Waals surface area contributed by atoms with E-state index in [4.69, 9.17) is 11.5 Å². The maximum Gasteiger partial charge on any atom is 0.253 e. The molecule has 1 heterocycles. The van der Waals surface area contributed by atoms with Crippen molar-refractivity contribution in [3.63, 3.8) is 0 Å². The maximum atomic E-state index is 15.1. The molecule has 0 aliphatic heterocycles. The molecule has 6 nitrogen and oxygen atoms in total. The standard InChI is InChI=1S/C20H18F2N4O2/c1-3-12-5-6-15(14(21)9-12)25-18-13(20(28)23-7-4-8-27)10-16-19(17(18)22)24-11-26(16)2/h1,5-6,9-11,25,27H,4,7-8H2,2H3,(H,23,28). The number of anilines is 2. The molecule has 0 aliphatic carbocycles. The summed E-state index contributed by atoms with van der Waals surface area (Å²) in [4.78, 5) is 16.6. The molecular weight excluding hydrogens is 366 g/mol. The first-order chi connectivity index (χ1) is 13.5. The van der Waals surface area contributed by atoms with Crippen LogP contribution in [-0.2, 0) is 7.05 Å². The predicted octanol–water partition coefficient (Wildman–Crippen LogP) is 2.69. The number of carbonyl (C=O) groups is 1. The van der Waals surface area contributed by atoms with Crippen LogP contribution in [0.4, 0.5) is 20.2 Å². The van der Waals surface area contributed by atoms with Crippen LogP contribution >= 0.6 is 0 Å². The molecule has 3 aromatic rings. The Morgan fingerprint density at radius 3 is 2.82 bits per heavy atom. The Morgan fingerprint density at radius 1 is 1.36 bits per heavy atom. The summed E-state index contributed by atoms with van der Waals surface area (Å²) in [5.74, 6) is 0.309. The van der Waals surface area contributed by atoms with Crippen LogP contribution in [0.25, 0.3) is 11.0 Å². The van der Waals surface area contributed by atoms with Crippen molar-refractivity contribution in [1.82, 2.24) is 14.9 Å². The summed E-state index contributed by atoms with van der Waals surface area (Å²) in [6.07, 6.45) is 7.03. The number of aryl methyl sites for hydroxylation is 1. The molecule has 0 bridgehead atoms. The summed E-state index contributed by atoms with van der Waals surface area (Å²) in [6, 6.07) is 5.50. The Kier molecular flexibility index (Phi) is 5.57. The third-order valence-electron chi connectivity index (χ3n) is 4.22. The first-order valence-corrected chi connectivity index (χ1v) is 8.52. The lowest BCUT2D eigenvalue weighted by atomic mass is 10.1. The van der Waals surface area contributed by atoms with Crippen LogP contribution in [0.1, 0.15) is 22.3 Å². The SMILES string of the molecule is C#Cc1ccc(Nc2c(C(=O)NCCCO)cc3c(ncn3C)c2F)c(F)c1. The number of nitrogens with zero attached hydrogens (tertiary/aromatic N) is 2. The number of rotatable bonds is 6. The van der Waals surface area contributed by atoms with Crippen LogP contribution in [0.2, 0.25) is 0 Å². The summed E-state index contributed by atoms with van der Waals surface area (Å²) in [5.41, 5.74) is 0.575. The average molecular weight is 384 g/mol. The fourth-order valence-electron chi connectivity index (χ4n) is 2.74. The molecule has 8 heteroatoms. The van der Waals surface area contributed by atoms with Gasteiger partial charge in [0.1, 0.15) is 11.3 Å². The zero-order valence-electron chi connectivity index (χ0n) is 15.1. The number of terminal acetylenes is 1. The molecule has 0 saturated carbocycles. The van der Waals surface area contributed by atoms with E-state index in [1.165, 1.54) is 24.5 Å². The minimum absolute atomic E-state index is 0.00744. The Hall–Kier alpha value is -3.44. The highest BCUT2D eigenvalue weighted by Gasteiger charge is 2.22. The number of aliphatic hydroxyl groups is 1. The van der Waals surface area contributed by atoms with E-state index in [2.05, 4.69) is 21.5 Å². The van der Waals surface area contributed by atoms with Crippen molar-refractivity contribution in [2.24, 2.45) is 7.05 Å². The van der Waals surface area contributed by atoms with Crippen molar-refractivity contribution < 1.29 is 18.7 Å². The molecule has 0 unspecified atom stereocenters. The summed E-state index contributed by atoms with van der Waals surface area (Å²) in [6.45, 7) is 0.123. The van der Waals surface area contributed by atoms with E-state index in [9.17, 15) is 9.18 Å². The highest BCUT2D eigenvalue weighted by Crippen LogP contribution is 2.31. The third-order valence-corrected chi connectivity index (χ3v) is 4.22. The molecule has 144 valence electrons. The van der Waals surface area contributed by atoms with Gasteiger partial charge in [-0.25, -0.2) is 13.8 Å². The van der Waals surface area contributed by atoms with Crippen LogP contribution in [0.3, 0.4) is 0 Å². The molecular formula is C20H18F2N4O2. The van der Waals surface area contributed by atoms with Crippen LogP contribution in [0, 0.1) is 24.0 Å². The molecule has 0 aliphatic rings. The molecule has 0 radical (unpaired) electrons. The van der Waals surface area contributed by atoms with Gasteiger partial charge in [0.15, 0.2) is 5.82 Å². The first-order valence-electron chi connectivity index (χ1n) is 8.52. The van der Waals surface area contributed by atoms with Gasteiger partial charge in [-0.05, 0) is 30.7 Å². The van der Waals surface area contributed by atoms with Gasteiger partial charge >= 0.3 is 0 Å². The summed E-state index contributed by atoms with van der Waals surface area (Å²) < 4.78 is 31.0. The molecule has 3 rings (SSSR count). The van der Waals surface area contributed by atoms with Crippen LogP contribution in [0.5, 0.6) is 0 Å². The second-order valence-corrected chi connectivity index (χ2v) is 6.13. The molecule has 1 aromatic heterocycles. The topological polar surface area (TPSA) is 79.2 Å². The molecule has 0 spiro atoms. The fourth-order valence-corrected chi connectivity index (χ4v) is 2.74. The number of carbonyl (C=O) groups excluding carboxylic acids is 1. The van der Waals surface area contributed by atoms with Crippen molar-refractivity contribution in [2.45, 2.75) is 6.42 Å². The number of hydrogen-bond donors (Lipinski definition) is 3. The van der Waals surface area contributed by atoms with Gasteiger partial charge in [0.05, 0.1) is 28.8 Å². The summed E-state index contributed by atoms with van der Waals surface area (Å²) in [5, 5.41) is 14.1. The monoisotopic (exact) mass is 384 g/mol. The van der Waals surface area contributed by atoms with Crippen LogP contribution in [-0.4, -0.2) is 33.7 Å². The van der Waals surface area contributed by atoms with E-state index in [1.54, 1.807) is 11.6 Å². The number of imidazole rings is 1. The Balaban J connectivity index is 2.08. The van der Waals surface area contributed by atoms with Gasteiger partial charge in [0.2, 0.25) is 0 Å². The van der Waals surface area contributed by atoms with Gasteiger partial charge in [-0.2, -0.15) is 0 Å². The number of halogens is 2. The van der Waals surface area contributed by atoms with E-state index in [-0.39, 0.29) is 35.6 Å². The quantitative estimate of drug-likeness (QED) is 0.451. The second kappa shape index (κ2) is 8.06. The van der Waals surface area contributed by atoms with E-state index in [0.717, 1.165) is 6.07 Å². The zero-order valence-corrected chi connectivity index (χ0v) is 15.1. The van der Waals surface area contributed by atoms with Gasteiger partial charge in [-0.15, -0.1) is 6.42 Å². The Morgan fingerprint density at radius 2 is 2.14 bits per heavy atom. The van der Waals surface area contributed by atoms with Crippen molar-refractivity contribution >= 4 is 28.3 Å². The normalized spacial score (nSPS) is 10.7. The Labute approximate surface area is 160 Å². The van der Waals surface area contributed by atoms with E-state index >= 15 is 4.39 Å². The lowest BCUT2D eigenvalue weighted by molar-refractivity contribution is 0.0951. The van der Waals surface area contributed by atoms with E-state index in [1.807, 2.05) is 0 Å². The van der Waals surface area contributed by atoms with Crippen molar-refractivity contribution in [2.75, 3.05) is 18.5 Å². The second-order valence-electron chi connectivity index (χ2n) is 6.13. The number of amides is 1. The largest absolute Gasteiger partial charge is 0.396 e. The van der Waals surface area contributed by atoms with Crippen molar-refractivity contribution in [1.29, 1.82) is 0 Å². The predicted molar refractivity (Wildman–Crippen MR) is 102 cm³/mol. The van der Waals surface area contributed by atoms with Crippen molar-refractivity contribution in [3.8, 4) is 12.3 Å².